The maximum absolute atomic E-state index is 12.8. The zero-order valence-electron chi connectivity index (χ0n) is 14.9. The molecule has 0 bridgehead atoms. The molecule has 2 aromatic carbocycles. The van der Waals surface area contributed by atoms with Gasteiger partial charge < -0.3 is 4.90 Å². The van der Waals surface area contributed by atoms with Crippen LogP contribution in [0.3, 0.4) is 0 Å². The lowest BCUT2D eigenvalue weighted by atomic mass is 9.69. The largest absolute Gasteiger partial charge is 0.351 e. The number of ketones is 1. The molecule has 4 nitrogen and oxygen atoms in total. The van der Waals surface area contributed by atoms with Crippen LogP contribution in [0.15, 0.2) is 48.5 Å². The van der Waals surface area contributed by atoms with Gasteiger partial charge in [0.05, 0.1) is 24.2 Å². The van der Waals surface area contributed by atoms with Crippen molar-refractivity contribution >= 4 is 40.7 Å². The lowest BCUT2D eigenvalue weighted by molar-refractivity contribution is -0.118. The monoisotopic (exact) mass is 407 g/mol. The van der Waals surface area contributed by atoms with Gasteiger partial charge in [-0.05, 0) is 48.4 Å². The summed E-state index contributed by atoms with van der Waals surface area (Å²) in [4.78, 5) is 14.7. The van der Waals surface area contributed by atoms with E-state index in [1.165, 1.54) is 6.92 Å². The Labute approximate surface area is 173 Å². The summed E-state index contributed by atoms with van der Waals surface area (Å²) >= 11 is 12.3. The first kappa shape index (κ1) is 18.6. The van der Waals surface area contributed by atoms with E-state index >= 15 is 0 Å². The highest BCUT2D eigenvalue weighted by Gasteiger charge is 2.62. The van der Waals surface area contributed by atoms with E-state index in [4.69, 9.17) is 23.2 Å². The van der Waals surface area contributed by atoms with Gasteiger partial charge in [0.2, 0.25) is 0 Å². The molecule has 3 atom stereocenters. The van der Waals surface area contributed by atoms with E-state index in [-0.39, 0.29) is 5.78 Å². The molecule has 2 aliphatic heterocycles. The van der Waals surface area contributed by atoms with E-state index in [0.717, 1.165) is 11.3 Å². The zero-order chi connectivity index (χ0) is 20.1. The van der Waals surface area contributed by atoms with E-state index in [1.807, 2.05) is 35.3 Å². The molecule has 0 radical (unpaired) electrons. The number of fused-ring (bicyclic) bond motifs is 3. The predicted molar refractivity (Wildman–Crippen MR) is 109 cm³/mol. The van der Waals surface area contributed by atoms with Gasteiger partial charge >= 0.3 is 0 Å². The third-order valence-electron chi connectivity index (χ3n) is 5.59. The fourth-order valence-electron chi connectivity index (χ4n) is 4.49. The second-order valence-corrected chi connectivity index (χ2v) is 7.97. The first-order valence-electron chi connectivity index (χ1n) is 8.77. The molecular weight excluding hydrogens is 393 g/mol. The number of anilines is 1. The average Bonchev–Trinajstić information content (AvgIpc) is 2.98. The number of rotatable bonds is 2. The summed E-state index contributed by atoms with van der Waals surface area (Å²) in [6, 6.07) is 15.7. The van der Waals surface area contributed by atoms with Crippen LogP contribution in [0, 0.1) is 28.1 Å². The van der Waals surface area contributed by atoms with Crippen LogP contribution < -0.4 is 4.90 Å². The summed E-state index contributed by atoms with van der Waals surface area (Å²) < 4.78 is 0. The highest BCUT2D eigenvalue weighted by atomic mass is 35.5. The van der Waals surface area contributed by atoms with Crippen molar-refractivity contribution in [2.45, 2.75) is 24.9 Å². The minimum absolute atomic E-state index is 0.112. The van der Waals surface area contributed by atoms with Gasteiger partial charge in [-0.25, -0.2) is 0 Å². The number of nitriles is 2. The Morgan fingerprint density at radius 1 is 1.11 bits per heavy atom. The quantitative estimate of drug-likeness (QED) is 0.703. The number of nitrogens with zero attached hydrogens (tertiary/aromatic N) is 3. The van der Waals surface area contributed by atoms with E-state index in [0.29, 0.717) is 15.6 Å². The molecule has 4 rings (SSSR count). The molecule has 1 fully saturated rings. The van der Waals surface area contributed by atoms with Crippen molar-refractivity contribution in [2.75, 3.05) is 4.90 Å². The Hall–Kier alpha value is -2.79. The van der Waals surface area contributed by atoms with E-state index in [2.05, 4.69) is 12.1 Å². The standard InChI is InChI=1S/C22H15Cl2N3O/c1-13(28)21-20(15-3-2-4-16(23)10-15)22(11-25,12-26)19-8-5-14-9-17(24)6-7-18(14)27(19)21/h2-10,19-21H,1H3/t19-,20-,21+/m0/s1. The summed E-state index contributed by atoms with van der Waals surface area (Å²) in [7, 11) is 0. The Kier molecular flexibility index (Phi) is 4.42. The van der Waals surface area contributed by atoms with Crippen molar-refractivity contribution in [1.82, 2.24) is 0 Å². The van der Waals surface area contributed by atoms with Crippen LogP contribution in [0.2, 0.25) is 10.0 Å². The van der Waals surface area contributed by atoms with E-state index in [9.17, 15) is 15.3 Å². The van der Waals surface area contributed by atoms with Crippen LogP contribution in [0.5, 0.6) is 0 Å². The Balaban J connectivity index is 2.00. The molecule has 28 heavy (non-hydrogen) atoms. The summed E-state index contributed by atoms with van der Waals surface area (Å²) in [5.41, 5.74) is 0.909. The van der Waals surface area contributed by atoms with E-state index in [1.54, 1.807) is 24.3 Å². The van der Waals surface area contributed by atoms with E-state index < -0.39 is 23.4 Å². The molecule has 0 saturated carbocycles. The molecule has 2 aromatic rings. The number of Topliss-reactive ketones (excluding diaryl/α,β-unsaturated/α-hetero) is 1. The zero-order valence-corrected chi connectivity index (χ0v) is 16.4. The van der Waals surface area contributed by atoms with Crippen LogP contribution >= 0.6 is 23.2 Å². The molecule has 0 amide bonds. The first-order chi connectivity index (χ1) is 13.4. The summed E-state index contributed by atoms with van der Waals surface area (Å²) in [5.74, 6) is -0.756. The van der Waals surface area contributed by atoms with Gasteiger partial charge in [0.15, 0.2) is 11.2 Å². The molecular formula is C22H15Cl2N3O. The van der Waals surface area contributed by atoms with Crippen LogP contribution in [-0.2, 0) is 4.79 Å². The number of hydrogen-bond acceptors (Lipinski definition) is 4. The topological polar surface area (TPSA) is 67.9 Å². The van der Waals surface area contributed by atoms with Gasteiger partial charge in [-0.15, -0.1) is 0 Å². The lowest BCUT2D eigenvalue weighted by Crippen LogP contribution is -2.43. The third-order valence-corrected chi connectivity index (χ3v) is 6.06. The molecule has 138 valence electrons. The Morgan fingerprint density at radius 2 is 1.82 bits per heavy atom. The molecule has 0 aromatic heterocycles. The molecule has 1 saturated heterocycles. The van der Waals surface area contributed by atoms with Gasteiger partial charge in [0.25, 0.3) is 0 Å². The lowest BCUT2D eigenvalue weighted by Gasteiger charge is -2.35. The van der Waals surface area contributed by atoms with Crippen molar-refractivity contribution < 1.29 is 4.79 Å². The Bertz CT molecular complexity index is 1080. The number of carbonyl (C=O) groups excluding carboxylic acids is 1. The minimum Gasteiger partial charge on any atom is -0.351 e. The second kappa shape index (κ2) is 6.67. The van der Waals surface area contributed by atoms with Crippen molar-refractivity contribution in [3.8, 4) is 12.1 Å². The van der Waals surface area contributed by atoms with Gasteiger partial charge in [-0.2, -0.15) is 10.5 Å². The number of hydrogen-bond donors (Lipinski definition) is 0. The molecule has 0 aliphatic carbocycles. The normalized spacial score (nSPS) is 24.0. The summed E-state index contributed by atoms with van der Waals surface area (Å²) in [6.07, 6.45) is 3.69. The molecule has 0 spiro atoms. The third kappa shape index (κ3) is 2.53. The highest BCUT2D eigenvalue weighted by Crippen LogP contribution is 2.55. The van der Waals surface area contributed by atoms with Crippen LogP contribution in [0.1, 0.15) is 24.0 Å². The van der Waals surface area contributed by atoms with Crippen molar-refractivity contribution in [3.05, 3.63) is 69.7 Å². The number of carbonyl (C=O) groups is 1. The minimum atomic E-state index is -1.44. The maximum Gasteiger partial charge on any atom is 0.176 e. The molecule has 2 aliphatic rings. The first-order valence-corrected chi connectivity index (χ1v) is 9.53. The molecule has 0 unspecified atom stereocenters. The summed E-state index contributed by atoms with van der Waals surface area (Å²) in [5, 5.41) is 21.4. The molecule has 0 N–H and O–H groups in total. The van der Waals surface area contributed by atoms with Gasteiger partial charge in [0, 0.05) is 21.7 Å². The van der Waals surface area contributed by atoms with Crippen LogP contribution in [0.25, 0.3) is 6.08 Å². The van der Waals surface area contributed by atoms with Crippen LogP contribution in [0.4, 0.5) is 5.69 Å². The van der Waals surface area contributed by atoms with Crippen molar-refractivity contribution in [2.24, 2.45) is 5.41 Å². The number of halogens is 2. The maximum atomic E-state index is 12.8. The van der Waals surface area contributed by atoms with Crippen molar-refractivity contribution in [3.63, 3.8) is 0 Å². The average molecular weight is 408 g/mol. The number of benzene rings is 2. The fourth-order valence-corrected chi connectivity index (χ4v) is 4.87. The van der Waals surface area contributed by atoms with Gasteiger partial charge in [-0.1, -0.05) is 47.5 Å². The van der Waals surface area contributed by atoms with Gasteiger partial charge in [-0.3, -0.25) is 4.79 Å². The fraction of sp³-hybridized carbons (Fsp3) is 0.227. The van der Waals surface area contributed by atoms with Crippen molar-refractivity contribution in [1.29, 1.82) is 10.5 Å². The molecule has 2 heterocycles. The van der Waals surface area contributed by atoms with Gasteiger partial charge in [0.1, 0.15) is 0 Å². The Morgan fingerprint density at radius 3 is 2.46 bits per heavy atom. The summed E-state index contributed by atoms with van der Waals surface area (Å²) in [6.45, 7) is 1.50. The predicted octanol–water partition coefficient (Wildman–Crippen LogP) is 4.98. The smallest absolute Gasteiger partial charge is 0.176 e. The SMILES string of the molecule is CC(=O)[C@@H]1[C@H](c2cccc(Cl)c2)C(C#N)(C#N)[C@@H]2C=Cc3cc(Cl)ccc3N12. The molecule has 6 heteroatoms. The highest BCUT2D eigenvalue weighted by molar-refractivity contribution is 6.31. The van der Waals surface area contributed by atoms with Crippen LogP contribution in [-0.4, -0.2) is 17.9 Å². The second-order valence-electron chi connectivity index (χ2n) is 7.10.